The molecule has 0 saturated heterocycles. The minimum Gasteiger partial charge on any atom is -0.491 e. The van der Waals surface area contributed by atoms with Gasteiger partial charge in [0.2, 0.25) is 0 Å². The molecule has 1 saturated carbocycles. The molecule has 1 aromatic heterocycles. The maximum atomic E-state index is 13.1. The zero-order valence-corrected chi connectivity index (χ0v) is 15.4. The van der Waals surface area contributed by atoms with Crippen molar-refractivity contribution in [3.8, 4) is 5.75 Å². The Hall–Kier alpha value is -2.83. The van der Waals surface area contributed by atoms with Crippen molar-refractivity contribution in [2.24, 2.45) is 5.92 Å². The zero-order chi connectivity index (χ0) is 19.4. The number of hydrogen-bond acceptors (Lipinski definition) is 4. The summed E-state index contributed by atoms with van der Waals surface area (Å²) in [6, 6.07) is 4.89. The Morgan fingerprint density at radius 1 is 1.37 bits per heavy atom. The molecule has 1 heterocycles. The maximum Gasteiger partial charge on any atom is 0.404 e. The number of nitrogens with one attached hydrogen (secondary N) is 1. The molecule has 0 atom stereocenters. The zero-order valence-electron chi connectivity index (χ0n) is 15.4. The van der Waals surface area contributed by atoms with Gasteiger partial charge >= 0.3 is 6.09 Å². The molecular formula is C20H24N2O5. The van der Waals surface area contributed by atoms with E-state index in [1.54, 1.807) is 22.8 Å². The quantitative estimate of drug-likeness (QED) is 0.520. The average molecular weight is 372 g/mol. The first kappa shape index (κ1) is 18.9. The second-order valence-corrected chi connectivity index (χ2v) is 6.92. The van der Waals surface area contributed by atoms with Gasteiger partial charge in [-0.15, -0.1) is 0 Å². The van der Waals surface area contributed by atoms with E-state index in [4.69, 9.17) is 9.84 Å². The van der Waals surface area contributed by atoms with E-state index in [-0.39, 0.29) is 12.1 Å². The summed E-state index contributed by atoms with van der Waals surface area (Å²) in [5.41, 5.74) is 0.777. The van der Waals surface area contributed by atoms with Crippen LogP contribution in [0.2, 0.25) is 0 Å². The van der Waals surface area contributed by atoms with Crippen molar-refractivity contribution in [2.75, 3.05) is 6.61 Å². The van der Waals surface area contributed by atoms with E-state index in [1.165, 1.54) is 0 Å². The first-order valence-corrected chi connectivity index (χ1v) is 9.29. The summed E-state index contributed by atoms with van der Waals surface area (Å²) in [4.78, 5) is 35.3. The topological polar surface area (TPSA) is 97.6 Å². The molecule has 0 spiro atoms. The third-order valence-corrected chi connectivity index (χ3v) is 4.78. The number of fused-ring (bicyclic) bond motifs is 1. The van der Waals surface area contributed by atoms with Crippen LogP contribution in [0.15, 0.2) is 23.0 Å². The number of carboxylic acid groups (broad SMARTS) is 1. The molecule has 1 amide bonds. The average Bonchev–Trinajstić information content (AvgIpc) is 3.48. The fourth-order valence-corrected chi connectivity index (χ4v) is 3.12. The second-order valence-electron chi connectivity index (χ2n) is 6.92. The standard InChI is InChI=1S/C20H24N2O5/c1-2-3-8-27-18-16-9-14(12-23)6-7-15(16)19(24)22(11-13-4-5-13)17(18)10-21-20(25)26/h6-7,9,12-13,21H,2-5,8,10-11H2,1H3,(H,25,26). The molecule has 0 unspecified atom stereocenters. The lowest BCUT2D eigenvalue weighted by atomic mass is 10.1. The summed E-state index contributed by atoms with van der Waals surface area (Å²) in [5.74, 6) is 0.914. The van der Waals surface area contributed by atoms with Crippen molar-refractivity contribution < 1.29 is 19.4 Å². The van der Waals surface area contributed by atoms with Crippen molar-refractivity contribution in [2.45, 2.75) is 45.7 Å². The van der Waals surface area contributed by atoms with E-state index in [0.29, 0.717) is 46.8 Å². The number of aromatic nitrogens is 1. The van der Waals surface area contributed by atoms with Gasteiger partial charge in [0.15, 0.2) is 0 Å². The first-order valence-electron chi connectivity index (χ1n) is 9.29. The van der Waals surface area contributed by atoms with Crippen LogP contribution < -0.4 is 15.6 Å². The van der Waals surface area contributed by atoms with Gasteiger partial charge in [0.1, 0.15) is 12.0 Å². The highest BCUT2D eigenvalue weighted by Crippen LogP contribution is 2.34. The fraction of sp³-hybridized carbons (Fsp3) is 0.450. The molecule has 2 N–H and O–H groups in total. The largest absolute Gasteiger partial charge is 0.491 e. The van der Waals surface area contributed by atoms with E-state index in [0.717, 1.165) is 32.0 Å². The Kier molecular flexibility index (Phi) is 5.78. The van der Waals surface area contributed by atoms with Crippen molar-refractivity contribution in [1.82, 2.24) is 9.88 Å². The minimum atomic E-state index is -1.17. The number of ether oxygens (including phenoxy) is 1. The van der Waals surface area contributed by atoms with E-state index >= 15 is 0 Å². The summed E-state index contributed by atoms with van der Waals surface area (Å²) < 4.78 is 7.65. The summed E-state index contributed by atoms with van der Waals surface area (Å²) in [7, 11) is 0. The van der Waals surface area contributed by atoms with Crippen LogP contribution in [0.5, 0.6) is 5.75 Å². The molecule has 0 bridgehead atoms. The number of aldehydes is 1. The lowest BCUT2D eigenvalue weighted by Gasteiger charge is -2.20. The Morgan fingerprint density at radius 2 is 2.15 bits per heavy atom. The van der Waals surface area contributed by atoms with Gasteiger partial charge in [-0.1, -0.05) is 19.4 Å². The first-order chi connectivity index (χ1) is 13.0. The predicted octanol–water partition coefficient (Wildman–Crippen LogP) is 3.17. The minimum absolute atomic E-state index is 0.0278. The predicted molar refractivity (Wildman–Crippen MR) is 102 cm³/mol. The highest BCUT2D eigenvalue weighted by Gasteiger charge is 2.26. The molecular weight excluding hydrogens is 348 g/mol. The summed E-state index contributed by atoms with van der Waals surface area (Å²) in [5, 5.41) is 12.4. The normalized spacial score (nSPS) is 13.5. The molecule has 1 aliphatic rings. The number of carbonyl (C=O) groups excluding carboxylic acids is 1. The van der Waals surface area contributed by atoms with Crippen LogP contribution in [-0.4, -0.2) is 28.7 Å². The number of pyridine rings is 1. The molecule has 27 heavy (non-hydrogen) atoms. The van der Waals surface area contributed by atoms with Gasteiger partial charge in [-0.3, -0.25) is 9.59 Å². The van der Waals surface area contributed by atoms with Gasteiger partial charge in [-0.25, -0.2) is 4.79 Å². The molecule has 0 aliphatic heterocycles. The Balaban J connectivity index is 2.20. The van der Waals surface area contributed by atoms with Crippen molar-refractivity contribution >= 4 is 23.2 Å². The third kappa shape index (κ3) is 4.30. The Labute approximate surface area is 156 Å². The Morgan fingerprint density at radius 3 is 2.78 bits per heavy atom. The molecule has 1 aromatic carbocycles. The van der Waals surface area contributed by atoms with Crippen LogP contribution >= 0.6 is 0 Å². The molecule has 2 aromatic rings. The summed E-state index contributed by atoms with van der Waals surface area (Å²) in [6.45, 7) is 3.02. The fourth-order valence-electron chi connectivity index (χ4n) is 3.12. The van der Waals surface area contributed by atoms with Gasteiger partial charge in [-0.2, -0.15) is 0 Å². The molecule has 144 valence electrons. The number of hydrogen-bond donors (Lipinski definition) is 2. The van der Waals surface area contributed by atoms with Crippen molar-refractivity contribution in [1.29, 1.82) is 0 Å². The van der Waals surface area contributed by atoms with Gasteiger partial charge in [-0.05, 0) is 37.3 Å². The Bertz CT molecular complexity index is 915. The van der Waals surface area contributed by atoms with Crippen molar-refractivity contribution in [3.05, 3.63) is 39.8 Å². The number of benzene rings is 1. The lowest BCUT2D eigenvalue weighted by Crippen LogP contribution is -2.30. The number of unbranched alkanes of at least 4 members (excludes halogenated alkanes) is 1. The maximum absolute atomic E-state index is 13.1. The number of rotatable bonds is 9. The van der Waals surface area contributed by atoms with Gasteiger partial charge in [0, 0.05) is 17.5 Å². The summed E-state index contributed by atoms with van der Waals surface area (Å²) >= 11 is 0. The number of amides is 1. The van der Waals surface area contributed by atoms with E-state index in [2.05, 4.69) is 5.32 Å². The number of carbonyl (C=O) groups is 2. The molecule has 7 heteroatoms. The van der Waals surface area contributed by atoms with Crippen LogP contribution in [0.3, 0.4) is 0 Å². The highest BCUT2D eigenvalue weighted by atomic mass is 16.5. The second kappa shape index (κ2) is 8.24. The van der Waals surface area contributed by atoms with Crippen LogP contribution in [-0.2, 0) is 13.1 Å². The SMILES string of the molecule is CCCCOc1c(CNC(=O)O)n(CC2CC2)c(=O)c2ccc(C=O)cc12. The molecule has 3 rings (SSSR count). The summed E-state index contributed by atoms with van der Waals surface area (Å²) in [6.07, 6.45) is 3.46. The highest BCUT2D eigenvalue weighted by molar-refractivity contribution is 5.93. The molecule has 1 aliphatic carbocycles. The van der Waals surface area contributed by atoms with Gasteiger partial charge in [0.25, 0.3) is 5.56 Å². The van der Waals surface area contributed by atoms with Crippen molar-refractivity contribution in [3.63, 3.8) is 0 Å². The lowest BCUT2D eigenvalue weighted by molar-refractivity contribution is 0.112. The van der Waals surface area contributed by atoms with Crippen LogP contribution in [0, 0.1) is 5.92 Å². The smallest absolute Gasteiger partial charge is 0.404 e. The molecule has 7 nitrogen and oxygen atoms in total. The van der Waals surface area contributed by atoms with E-state index in [9.17, 15) is 14.4 Å². The van der Waals surface area contributed by atoms with Gasteiger partial charge in [0.05, 0.1) is 24.2 Å². The van der Waals surface area contributed by atoms with E-state index in [1.807, 2.05) is 6.92 Å². The molecule has 1 fully saturated rings. The van der Waals surface area contributed by atoms with E-state index < -0.39 is 6.09 Å². The number of nitrogens with zero attached hydrogens (tertiary/aromatic N) is 1. The monoisotopic (exact) mass is 372 g/mol. The molecule has 0 radical (unpaired) electrons. The van der Waals surface area contributed by atoms with Crippen LogP contribution in [0.25, 0.3) is 10.8 Å². The van der Waals surface area contributed by atoms with Crippen LogP contribution in [0.1, 0.15) is 48.7 Å². The van der Waals surface area contributed by atoms with Crippen LogP contribution in [0.4, 0.5) is 4.79 Å². The van der Waals surface area contributed by atoms with Gasteiger partial charge < -0.3 is 19.7 Å². The third-order valence-electron chi connectivity index (χ3n) is 4.78.